The highest BCUT2D eigenvalue weighted by Gasteiger charge is 2.24. The summed E-state index contributed by atoms with van der Waals surface area (Å²) in [6, 6.07) is 0. The van der Waals surface area contributed by atoms with Gasteiger partial charge in [-0.1, -0.05) is 13.8 Å². The van der Waals surface area contributed by atoms with Crippen LogP contribution in [-0.2, 0) is 0 Å². The largest absolute Gasteiger partial charge is 0.505 e. The van der Waals surface area contributed by atoms with Gasteiger partial charge in [0.25, 0.3) is 0 Å². The molecule has 0 atom stereocenters. The van der Waals surface area contributed by atoms with Crippen LogP contribution in [-0.4, -0.2) is 35.3 Å². The lowest BCUT2D eigenvalue weighted by Gasteiger charge is -2.17. The molecule has 6 heteroatoms. The van der Waals surface area contributed by atoms with E-state index in [0.29, 0.717) is 12.8 Å². The van der Waals surface area contributed by atoms with Gasteiger partial charge in [-0.3, -0.25) is 4.79 Å². The topological polar surface area (TPSA) is 99.0 Å². The molecule has 1 aromatic carbocycles. The average molecular weight is 255 g/mol. The fourth-order valence-corrected chi connectivity index (χ4v) is 1.49. The molecule has 0 fully saturated rings. The summed E-state index contributed by atoms with van der Waals surface area (Å²) >= 11 is 0. The van der Waals surface area contributed by atoms with Crippen molar-refractivity contribution in [3.8, 4) is 23.0 Å². The van der Waals surface area contributed by atoms with Crippen molar-refractivity contribution < 1.29 is 24.9 Å². The van der Waals surface area contributed by atoms with Gasteiger partial charge in [0.1, 0.15) is 11.3 Å². The van der Waals surface area contributed by atoms with Gasteiger partial charge in [0.05, 0.1) is 7.11 Å². The minimum atomic E-state index is -0.586. The number of anilines is 1. The quantitative estimate of drug-likeness (QED) is 0.363. The number of ether oxygens (including phenoxy) is 1. The summed E-state index contributed by atoms with van der Waals surface area (Å²) in [6.07, 6.45) is 0.299. The summed E-state index contributed by atoms with van der Waals surface area (Å²) in [4.78, 5) is 10.8. The Morgan fingerprint density at radius 3 is 2.28 bits per heavy atom. The molecule has 0 saturated carbocycles. The molecule has 0 spiro atoms. The monoisotopic (exact) mass is 255 g/mol. The van der Waals surface area contributed by atoms with E-state index < -0.39 is 17.2 Å². The lowest BCUT2D eigenvalue weighted by Crippen LogP contribution is -2.09. The smallest absolute Gasteiger partial charge is 0.206 e. The molecular weight excluding hydrogens is 238 g/mol. The number of carbonyl (C=O) groups excluding carboxylic acids is 1. The highest BCUT2D eigenvalue weighted by molar-refractivity contribution is 5.92. The van der Waals surface area contributed by atoms with Crippen molar-refractivity contribution in [1.29, 1.82) is 0 Å². The van der Waals surface area contributed by atoms with Gasteiger partial charge in [-0.15, -0.1) is 0 Å². The molecule has 0 aliphatic rings. The van der Waals surface area contributed by atoms with Crippen LogP contribution in [0.5, 0.6) is 23.0 Å². The van der Waals surface area contributed by atoms with Crippen LogP contribution in [0.3, 0.4) is 0 Å². The molecule has 0 aliphatic carbocycles. The van der Waals surface area contributed by atoms with Crippen LogP contribution in [0.2, 0.25) is 0 Å². The predicted molar refractivity (Wildman–Crippen MR) is 66.7 cm³/mol. The van der Waals surface area contributed by atoms with Crippen LogP contribution in [0, 0.1) is 5.92 Å². The van der Waals surface area contributed by atoms with Crippen molar-refractivity contribution in [2.75, 3.05) is 19.0 Å². The third-order valence-electron chi connectivity index (χ3n) is 2.42. The Bertz CT molecular complexity index is 457. The number of carbonyl (C=O) groups is 1. The third kappa shape index (κ3) is 2.42. The van der Waals surface area contributed by atoms with E-state index in [1.54, 1.807) is 0 Å². The first-order valence-electron chi connectivity index (χ1n) is 5.47. The van der Waals surface area contributed by atoms with Gasteiger partial charge in [0, 0.05) is 6.54 Å². The molecule has 0 amide bonds. The van der Waals surface area contributed by atoms with Crippen LogP contribution in [0.4, 0.5) is 5.69 Å². The lowest BCUT2D eigenvalue weighted by atomic mass is 10.1. The number of rotatable bonds is 5. The number of hydrogen-bond donors (Lipinski definition) is 4. The molecular formula is C12H17NO5. The average Bonchev–Trinajstić information content (AvgIpc) is 2.29. The number of methoxy groups -OCH3 is 1. The Labute approximate surface area is 105 Å². The molecule has 0 heterocycles. The van der Waals surface area contributed by atoms with Gasteiger partial charge in [-0.25, -0.2) is 0 Å². The van der Waals surface area contributed by atoms with Crippen LogP contribution in [0.1, 0.15) is 24.2 Å². The molecule has 0 unspecified atom stereocenters. The van der Waals surface area contributed by atoms with Gasteiger partial charge in [0.15, 0.2) is 23.5 Å². The molecule has 1 rings (SSSR count). The normalized spacial score (nSPS) is 10.4. The zero-order valence-electron chi connectivity index (χ0n) is 10.5. The van der Waals surface area contributed by atoms with Crippen molar-refractivity contribution in [2.45, 2.75) is 13.8 Å². The Kier molecular flexibility index (Phi) is 4.25. The fourth-order valence-electron chi connectivity index (χ4n) is 1.49. The van der Waals surface area contributed by atoms with Gasteiger partial charge >= 0.3 is 0 Å². The number of benzene rings is 1. The maximum atomic E-state index is 10.8. The number of hydrogen-bond acceptors (Lipinski definition) is 6. The maximum Gasteiger partial charge on any atom is 0.206 e. The number of aromatic hydroxyl groups is 3. The minimum Gasteiger partial charge on any atom is -0.505 e. The second-order valence-electron chi connectivity index (χ2n) is 4.26. The Morgan fingerprint density at radius 2 is 1.83 bits per heavy atom. The van der Waals surface area contributed by atoms with E-state index in [4.69, 9.17) is 4.74 Å². The molecule has 0 aliphatic heterocycles. The number of phenols is 3. The van der Waals surface area contributed by atoms with E-state index in [1.807, 2.05) is 13.8 Å². The Morgan fingerprint density at radius 1 is 1.22 bits per heavy atom. The van der Waals surface area contributed by atoms with E-state index in [1.165, 1.54) is 7.11 Å². The zero-order valence-corrected chi connectivity index (χ0v) is 10.5. The fraction of sp³-hybridized carbons (Fsp3) is 0.417. The van der Waals surface area contributed by atoms with Crippen LogP contribution in [0.15, 0.2) is 0 Å². The van der Waals surface area contributed by atoms with Gasteiger partial charge in [-0.2, -0.15) is 0 Å². The zero-order chi connectivity index (χ0) is 13.9. The second-order valence-corrected chi connectivity index (χ2v) is 4.26. The van der Waals surface area contributed by atoms with Gasteiger partial charge in [0.2, 0.25) is 5.75 Å². The third-order valence-corrected chi connectivity index (χ3v) is 2.42. The van der Waals surface area contributed by atoms with E-state index >= 15 is 0 Å². The molecule has 100 valence electrons. The van der Waals surface area contributed by atoms with E-state index in [2.05, 4.69) is 5.32 Å². The van der Waals surface area contributed by atoms with Crippen molar-refractivity contribution in [2.24, 2.45) is 5.92 Å². The summed E-state index contributed by atoms with van der Waals surface area (Å²) in [6.45, 7) is 4.37. The first kappa shape index (κ1) is 14.0. The molecule has 6 nitrogen and oxygen atoms in total. The molecule has 4 N–H and O–H groups in total. The van der Waals surface area contributed by atoms with Crippen molar-refractivity contribution in [1.82, 2.24) is 0 Å². The van der Waals surface area contributed by atoms with Crippen molar-refractivity contribution in [3.05, 3.63) is 5.56 Å². The van der Waals surface area contributed by atoms with Crippen LogP contribution >= 0.6 is 0 Å². The standard InChI is InChI=1S/C12H17NO5/c1-6(2)4-13-8-9(15)7(5-14)10(16)12(18-3)11(8)17/h5-6,13,15-17H,4H2,1-3H3. The van der Waals surface area contributed by atoms with Crippen LogP contribution in [0.25, 0.3) is 0 Å². The van der Waals surface area contributed by atoms with Gasteiger partial charge < -0.3 is 25.4 Å². The molecule has 18 heavy (non-hydrogen) atoms. The molecule has 0 saturated heterocycles. The Balaban J connectivity index is 3.36. The summed E-state index contributed by atoms with van der Waals surface area (Å²) in [7, 11) is 1.24. The number of phenolic OH excluding ortho intramolecular Hbond substituents is 3. The van der Waals surface area contributed by atoms with E-state index in [0.717, 1.165) is 0 Å². The number of nitrogens with one attached hydrogen (secondary N) is 1. The summed E-state index contributed by atoms with van der Waals surface area (Å²) < 4.78 is 4.81. The molecule has 0 radical (unpaired) electrons. The molecule has 0 bridgehead atoms. The molecule has 1 aromatic rings. The highest BCUT2D eigenvalue weighted by atomic mass is 16.5. The second kappa shape index (κ2) is 5.48. The highest BCUT2D eigenvalue weighted by Crippen LogP contribution is 2.49. The maximum absolute atomic E-state index is 10.8. The predicted octanol–water partition coefficient (Wildman–Crippen LogP) is 1.69. The number of aldehydes is 1. The van der Waals surface area contributed by atoms with Crippen molar-refractivity contribution in [3.63, 3.8) is 0 Å². The van der Waals surface area contributed by atoms with Gasteiger partial charge in [-0.05, 0) is 5.92 Å². The van der Waals surface area contributed by atoms with Crippen molar-refractivity contribution >= 4 is 12.0 Å². The lowest BCUT2D eigenvalue weighted by molar-refractivity contribution is 0.111. The first-order valence-corrected chi connectivity index (χ1v) is 5.47. The first-order chi connectivity index (χ1) is 8.43. The Hall–Kier alpha value is -2.11. The SMILES string of the molecule is COc1c(O)c(C=O)c(O)c(NCC(C)C)c1O. The van der Waals surface area contributed by atoms with E-state index in [9.17, 15) is 20.1 Å². The summed E-state index contributed by atoms with van der Waals surface area (Å²) in [5.41, 5.74) is -0.351. The van der Waals surface area contributed by atoms with E-state index in [-0.39, 0.29) is 22.9 Å². The minimum absolute atomic E-state index is 0.0274. The summed E-state index contributed by atoms with van der Waals surface area (Å²) in [5, 5.41) is 32.1. The van der Waals surface area contributed by atoms with Crippen LogP contribution < -0.4 is 10.1 Å². The summed E-state index contributed by atoms with van der Waals surface area (Å²) in [5.74, 6) is -1.50. The molecule has 0 aromatic heterocycles.